The number of nitrogens with one attached hydrogen (secondary N) is 2. The number of rotatable bonds is 8. The van der Waals surface area contributed by atoms with Crippen LogP contribution in [0.5, 0.6) is 17.4 Å². The summed E-state index contributed by atoms with van der Waals surface area (Å²) in [6.07, 6.45) is 0.488. The molecule has 2 rings (SSSR count). The van der Waals surface area contributed by atoms with E-state index in [1.807, 2.05) is 19.2 Å². The Balaban J connectivity index is 2.21. The number of ether oxygens (including phenoxy) is 3. The highest BCUT2D eigenvalue weighted by atomic mass is 35.5. The van der Waals surface area contributed by atoms with Crippen LogP contribution in [0.15, 0.2) is 29.5 Å². The molecule has 2 aromatic rings. The zero-order valence-electron chi connectivity index (χ0n) is 18.2. The third kappa shape index (κ3) is 6.97. The fourth-order valence-electron chi connectivity index (χ4n) is 2.49. The molecule has 1 heterocycles. The summed E-state index contributed by atoms with van der Waals surface area (Å²) in [5.41, 5.74) is 3.00. The van der Waals surface area contributed by atoms with E-state index in [1.54, 1.807) is 19.1 Å². The van der Waals surface area contributed by atoms with Crippen LogP contribution in [0.25, 0.3) is 0 Å². The largest absolute Gasteiger partial charge is 0.481 e. The Morgan fingerprint density at radius 2 is 1.91 bits per heavy atom. The number of anilines is 1. The number of hydrogen-bond acceptors (Lipinski definition) is 9. The normalized spacial score (nSPS) is 10.9. The van der Waals surface area contributed by atoms with E-state index in [9.17, 15) is 9.59 Å². The van der Waals surface area contributed by atoms with Crippen molar-refractivity contribution in [1.82, 2.24) is 10.3 Å². The molecule has 12 heteroatoms. The molecule has 0 unspecified atom stereocenters. The van der Waals surface area contributed by atoms with Gasteiger partial charge in [-0.15, -0.1) is 0 Å². The number of alkyl carbamates (subject to hydrolysis) is 1. The second-order valence-electron chi connectivity index (χ2n) is 6.65. The van der Waals surface area contributed by atoms with Crippen LogP contribution in [0.1, 0.15) is 32.3 Å². The minimum Gasteiger partial charge on any atom is -0.481 e. The number of aromatic nitrogens is 1. The van der Waals surface area contributed by atoms with Gasteiger partial charge in [-0.05, 0) is 31.0 Å². The van der Waals surface area contributed by atoms with Crippen LogP contribution in [0.2, 0.25) is 10.0 Å². The Labute approximate surface area is 200 Å². The molecule has 0 saturated heterocycles. The number of amides is 2. The predicted octanol–water partition coefficient (Wildman–Crippen LogP) is 4.88. The topological polar surface area (TPSA) is 135 Å². The van der Waals surface area contributed by atoms with Gasteiger partial charge in [0.1, 0.15) is 11.8 Å². The molecule has 2 N–H and O–H groups in total. The minimum absolute atomic E-state index is 0.0627. The SMILES string of the molecule is CCOC(=O)NC(=O)C(C#N)=NNc1cc(Cl)c(Oc2cnc(OC)c(C(C)C)c2)c(Cl)c1. The molecule has 1 aromatic heterocycles. The summed E-state index contributed by atoms with van der Waals surface area (Å²) in [6, 6.07) is 6.23. The van der Waals surface area contributed by atoms with Crippen molar-refractivity contribution in [3.8, 4) is 23.4 Å². The molecule has 0 radical (unpaired) electrons. The first-order chi connectivity index (χ1) is 15.7. The van der Waals surface area contributed by atoms with Gasteiger partial charge in [0, 0.05) is 5.56 Å². The second kappa shape index (κ2) is 11.9. The van der Waals surface area contributed by atoms with Crippen molar-refractivity contribution in [1.29, 1.82) is 5.26 Å². The molecule has 0 spiro atoms. The summed E-state index contributed by atoms with van der Waals surface area (Å²) in [7, 11) is 1.54. The zero-order chi connectivity index (χ0) is 24.5. The van der Waals surface area contributed by atoms with Crippen molar-refractivity contribution in [2.24, 2.45) is 5.10 Å². The Morgan fingerprint density at radius 3 is 2.45 bits per heavy atom. The highest BCUT2D eigenvalue weighted by molar-refractivity contribution is 6.47. The van der Waals surface area contributed by atoms with Gasteiger partial charge in [0.15, 0.2) is 5.75 Å². The molecule has 0 bridgehead atoms. The summed E-state index contributed by atoms with van der Waals surface area (Å²) in [4.78, 5) is 27.5. The summed E-state index contributed by atoms with van der Waals surface area (Å²) in [5, 5.41) is 14.9. The summed E-state index contributed by atoms with van der Waals surface area (Å²) < 4.78 is 15.7. The first kappa shape index (κ1) is 25.7. The van der Waals surface area contributed by atoms with Crippen LogP contribution >= 0.6 is 23.2 Å². The lowest BCUT2D eigenvalue weighted by Gasteiger charge is -2.15. The standard InChI is InChI=1S/C21H21Cl2N5O5/c1-5-32-21(30)26-19(29)17(9-24)28-27-12-6-15(22)18(16(23)7-12)33-13-8-14(11(2)3)20(31-4)25-10-13/h6-8,10-11,27H,5H2,1-4H3,(H,26,29,30). The summed E-state index contributed by atoms with van der Waals surface area (Å²) in [5.74, 6) is 0.182. The van der Waals surface area contributed by atoms with Crippen molar-refractivity contribution in [2.45, 2.75) is 26.7 Å². The summed E-state index contributed by atoms with van der Waals surface area (Å²) >= 11 is 12.6. The zero-order valence-corrected chi connectivity index (χ0v) is 19.7. The Hall–Kier alpha value is -3.55. The molecule has 0 aliphatic carbocycles. The van der Waals surface area contributed by atoms with Gasteiger partial charge < -0.3 is 14.2 Å². The van der Waals surface area contributed by atoms with Gasteiger partial charge >= 0.3 is 6.09 Å². The van der Waals surface area contributed by atoms with Crippen LogP contribution < -0.4 is 20.2 Å². The van der Waals surface area contributed by atoms with Gasteiger partial charge in [-0.1, -0.05) is 37.0 Å². The van der Waals surface area contributed by atoms with E-state index < -0.39 is 17.7 Å². The van der Waals surface area contributed by atoms with Gasteiger partial charge in [0.05, 0.1) is 35.6 Å². The summed E-state index contributed by atoms with van der Waals surface area (Å²) in [6.45, 7) is 5.62. The number of carbonyl (C=O) groups is 2. The molecule has 0 aliphatic rings. The lowest BCUT2D eigenvalue weighted by molar-refractivity contribution is -0.114. The number of hydrazone groups is 1. The molecule has 0 saturated carbocycles. The van der Waals surface area contributed by atoms with E-state index in [0.29, 0.717) is 11.6 Å². The van der Waals surface area contributed by atoms with E-state index in [4.69, 9.17) is 37.9 Å². The number of carbonyl (C=O) groups excluding carboxylic acids is 2. The number of halogens is 2. The number of imide groups is 1. The molecular weight excluding hydrogens is 473 g/mol. The van der Waals surface area contributed by atoms with Crippen LogP contribution in [0.4, 0.5) is 10.5 Å². The molecule has 2 amide bonds. The molecule has 174 valence electrons. The Bertz CT molecular complexity index is 1090. The fraction of sp³-hybridized carbons (Fsp3) is 0.286. The maximum absolute atomic E-state index is 11.9. The maximum atomic E-state index is 11.9. The number of nitriles is 1. The molecule has 0 aliphatic heterocycles. The molecule has 0 atom stereocenters. The predicted molar refractivity (Wildman–Crippen MR) is 123 cm³/mol. The molecule has 1 aromatic carbocycles. The van der Waals surface area contributed by atoms with Crippen LogP contribution in [0, 0.1) is 11.3 Å². The highest BCUT2D eigenvalue weighted by Gasteiger charge is 2.17. The third-order valence-corrected chi connectivity index (χ3v) is 4.56. The van der Waals surface area contributed by atoms with E-state index >= 15 is 0 Å². The quantitative estimate of drug-likeness (QED) is 0.392. The number of pyridine rings is 1. The smallest absolute Gasteiger partial charge is 0.414 e. The van der Waals surface area contributed by atoms with Crippen LogP contribution in [-0.2, 0) is 9.53 Å². The average Bonchev–Trinajstić information content (AvgIpc) is 2.76. The van der Waals surface area contributed by atoms with Crippen molar-refractivity contribution < 1.29 is 23.8 Å². The maximum Gasteiger partial charge on any atom is 0.414 e. The van der Waals surface area contributed by atoms with Crippen LogP contribution in [-0.4, -0.2) is 36.4 Å². The van der Waals surface area contributed by atoms with E-state index in [-0.39, 0.29) is 34.0 Å². The van der Waals surface area contributed by atoms with Gasteiger partial charge in [0.25, 0.3) is 5.91 Å². The van der Waals surface area contributed by atoms with Crippen LogP contribution in [0.3, 0.4) is 0 Å². The highest BCUT2D eigenvalue weighted by Crippen LogP contribution is 2.40. The van der Waals surface area contributed by atoms with Gasteiger partial charge in [-0.25, -0.2) is 9.78 Å². The van der Waals surface area contributed by atoms with Gasteiger partial charge in [-0.2, -0.15) is 10.4 Å². The van der Waals surface area contributed by atoms with E-state index in [2.05, 4.69) is 20.2 Å². The molecular formula is C21H21Cl2N5O5. The monoisotopic (exact) mass is 493 g/mol. The Kier molecular flexibility index (Phi) is 9.27. The van der Waals surface area contributed by atoms with E-state index in [0.717, 1.165) is 5.56 Å². The van der Waals surface area contributed by atoms with Gasteiger partial charge in [-0.3, -0.25) is 15.5 Å². The Morgan fingerprint density at radius 1 is 1.24 bits per heavy atom. The fourth-order valence-corrected chi connectivity index (χ4v) is 3.06. The first-order valence-electron chi connectivity index (χ1n) is 9.62. The minimum atomic E-state index is -1.03. The lowest BCUT2D eigenvalue weighted by atomic mass is 10.1. The van der Waals surface area contributed by atoms with E-state index in [1.165, 1.54) is 25.4 Å². The molecule has 33 heavy (non-hydrogen) atoms. The number of methoxy groups -OCH3 is 1. The third-order valence-electron chi connectivity index (χ3n) is 4.00. The molecule has 10 nitrogen and oxygen atoms in total. The van der Waals surface area contributed by atoms with Crippen molar-refractivity contribution in [3.63, 3.8) is 0 Å². The number of benzene rings is 1. The lowest BCUT2D eigenvalue weighted by Crippen LogP contribution is -2.36. The first-order valence-corrected chi connectivity index (χ1v) is 10.4. The van der Waals surface area contributed by atoms with Crippen molar-refractivity contribution >= 4 is 46.6 Å². The number of nitrogens with zero attached hydrogens (tertiary/aromatic N) is 3. The second-order valence-corrected chi connectivity index (χ2v) is 7.47. The van der Waals surface area contributed by atoms with Crippen molar-refractivity contribution in [2.75, 3.05) is 19.1 Å². The molecule has 0 fully saturated rings. The van der Waals surface area contributed by atoms with Crippen molar-refractivity contribution in [3.05, 3.63) is 40.0 Å². The van der Waals surface area contributed by atoms with Gasteiger partial charge in [0.2, 0.25) is 11.6 Å². The average molecular weight is 494 g/mol. The number of hydrogen-bond donors (Lipinski definition) is 2.